The van der Waals surface area contributed by atoms with Crippen molar-refractivity contribution in [1.82, 2.24) is 9.80 Å². The summed E-state index contributed by atoms with van der Waals surface area (Å²) in [4.78, 5) is 47.9. The van der Waals surface area contributed by atoms with Crippen LogP contribution in [0.1, 0.15) is 28.1 Å². The highest BCUT2D eigenvalue weighted by molar-refractivity contribution is 6.25. The molecule has 2 heterocycles. The molecule has 0 saturated carbocycles. The first kappa shape index (κ1) is 35.2. The average molecular weight is 716 g/mol. The van der Waals surface area contributed by atoms with Gasteiger partial charge in [0, 0.05) is 57.5 Å². The third-order valence-electron chi connectivity index (χ3n) is 11.1. The number of amides is 1. The number of primary amides is 1. The molecule has 3 aromatic rings. The van der Waals surface area contributed by atoms with E-state index in [-0.39, 0.29) is 41.1 Å². The number of Topliss-reactive ketones (excluding diaryl/α,β-unsaturated/α-hetero) is 2. The minimum absolute atomic E-state index is 0.00274. The van der Waals surface area contributed by atoms with Gasteiger partial charge >= 0.3 is 0 Å². The van der Waals surface area contributed by atoms with E-state index in [0.29, 0.717) is 61.2 Å². The Hall–Kier alpha value is -5.18. The lowest BCUT2D eigenvalue weighted by atomic mass is 9.58. The summed E-state index contributed by atoms with van der Waals surface area (Å²) < 4.78 is 20.6. The number of halogens is 1. The van der Waals surface area contributed by atoms with Crippen LogP contribution in [0.15, 0.2) is 69.5 Å². The van der Waals surface area contributed by atoms with E-state index in [0.717, 1.165) is 0 Å². The molecule has 0 unspecified atom stereocenters. The van der Waals surface area contributed by atoms with Crippen LogP contribution in [0, 0.1) is 17.7 Å². The Morgan fingerprint density at radius 2 is 1.73 bits per heavy atom. The van der Waals surface area contributed by atoms with E-state index in [9.17, 15) is 39.2 Å². The Labute approximate surface area is 299 Å². The molecule has 1 aliphatic heterocycles. The predicted molar refractivity (Wildman–Crippen MR) is 190 cm³/mol. The SMILES string of the molecule is CN(C)c1cc(-c2ccc(CN3CCN(c4ccccc4F)CC3)o2)c(O)c2c1C[C@H]1C[C@H]3[C@H](N(C)C)C(O)=C(C(N)=O)C(=O)[C@]3(O)C(O)=C1C2=O. The average Bonchev–Trinajstić information content (AvgIpc) is 3.54. The summed E-state index contributed by atoms with van der Waals surface area (Å²) in [5, 5.41) is 46.4. The molecule has 0 bridgehead atoms. The number of ketones is 2. The van der Waals surface area contributed by atoms with Crippen LogP contribution >= 0.6 is 0 Å². The number of nitrogens with two attached hydrogens (primary N) is 1. The second kappa shape index (κ2) is 12.8. The molecule has 274 valence electrons. The fraction of sp³-hybridized carbons (Fsp3) is 0.395. The number of para-hydroxylation sites is 1. The lowest BCUT2D eigenvalue weighted by Crippen LogP contribution is -2.63. The molecule has 0 spiro atoms. The number of aliphatic hydroxyl groups is 3. The van der Waals surface area contributed by atoms with Gasteiger partial charge in [-0.05, 0) is 68.8 Å². The molecule has 4 aliphatic rings. The molecule has 2 aromatic carbocycles. The van der Waals surface area contributed by atoms with Crippen molar-refractivity contribution in [1.29, 1.82) is 0 Å². The van der Waals surface area contributed by atoms with Gasteiger partial charge in [-0.25, -0.2) is 4.39 Å². The molecule has 13 nitrogen and oxygen atoms in total. The number of furan rings is 1. The van der Waals surface area contributed by atoms with Gasteiger partial charge in [0.2, 0.25) is 5.78 Å². The van der Waals surface area contributed by atoms with Gasteiger partial charge in [0.05, 0.1) is 29.4 Å². The molecule has 7 rings (SSSR count). The third-order valence-corrected chi connectivity index (χ3v) is 11.1. The second-order valence-electron chi connectivity index (χ2n) is 14.5. The Morgan fingerprint density at radius 1 is 1.04 bits per heavy atom. The summed E-state index contributed by atoms with van der Waals surface area (Å²) in [6.07, 6.45) is 0.162. The van der Waals surface area contributed by atoms with E-state index in [1.807, 2.05) is 15.9 Å². The molecule has 1 aromatic heterocycles. The fourth-order valence-electron chi connectivity index (χ4n) is 8.57. The van der Waals surface area contributed by atoms with Crippen molar-refractivity contribution in [2.24, 2.45) is 17.6 Å². The number of carbonyl (C=O) groups is 3. The van der Waals surface area contributed by atoms with Gasteiger partial charge in [-0.15, -0.1) is 0 Å². The standard InChI is InChI=1S/C38H42FN5O8/c1-41(2)26-17-22(27-10-9-20(52-27)18-43-11-13-44(14-12-43)25-8-6-5-7-24(25)39)32(45)29-21(26)15-19-16-23-31(42(3)4)34(47)30(37(40)50)36(49)38(23,51)35(48)28(19)33(29)46/h5-10,17,19,23,31,45,47-48,51H,11-16,18H2,1-4H3,(H2,40,50)/t19-,23-,31-,38+/m0/s1. The summed E-state index contributed by atoms with van der Waals surface area (Å²) in [7, 11) is 6.78. The Bertz CT molecular complexity index is 2060. The van der Waals surface area contributed by atoms with Crippen LogP contribution in [0.3, 0.4) is 0 Å². The first-order valence-electron chi connectivity index (χ1n) is 17.2. The summed E-state index contributed by atoms with van der Waals surface area (Å²) >= 11 is 0. The number of benzene rings is 2. The molecule has 1 fully saturated rings. The first-order chi connectivity index (χ1) is 24.6. The van der Waals surface area contributed by atoms with Gasteiger partial charge < -0.3 is 40.4 Å². The van der Waals surface area contributed by atoms with E-state index in [2.05, 4.69) is 4.90 Å². The van der Waals surface area contributed by atoms with Crippen molar-refractivity contribution in [3.63, 3.8) is 0 Å². The molecule has 1 amide bonds. The molecule has 14 heteroatoms. The van der Waals surface area contributed by atoms with Crippen LogP contribution in [0.25, 0.3) is 11.3 Å². The zero-order valence-corrected chi connectivity index (χ0v) is 29.4. The summed E-state index contributed by atoms with van der Waals surface area (Å²) in [6, 6.07) is 10.9. The van der Waals surface area contributed by atoms with Crippen LogP contribution in [0.5, 0.6) is 5.75 Å². The third kappa shape index (κ3) is 5.35. The minimum atomic E-state index is -2.72. The Kier molecular flexibility index (Phi) is 8.67. The molecule has 3 aliphatic carbocycles. The van der Waals surface area contributed by atoms with Gasteiger partial charge in [-0.3, -0.25) is 24.2 Å². The number of fused-ring (bicyclic) bond motifs is 3. The quantitative estimate of drug-likeness (QED) is 0.226. The molecular formula is C38H42FN5O8. The van der Waals surface area contributed by atoms with Crippen LogP contribution in [-0.2, 0) is 22.6 Å². The van der Waals surface area contributed by atoms with Crippen LogP contribution < -0.4 is 15.5 Å². The maximum Gasteiger partial charge on any atom is 0.255 e. The highest BCUT2D eigenvalue weighted by Gasteiger charge is 2.63. The monoisotopic (exact) mass is 715 g/mol. The van der Waals surface area contributed by atoms with Crippen molar-refractivity contribution in [2.75, 3.05) is 64.2 Å². The van der Waals surface area contributed by atoms with E-state index >= 15 is 0 Å². The normalized spacial score (nSPS) is 25.0. The smallest absolute Gasteiger partial charge is 0.255 e. The number of carbonyl (C=O) groups excluding carboxylic acids is 3. The highest BCUT2D eigenvalue weighted by Crippen LogP contribution is 2.54. The molecule has 0 radical (unpaired) electrons. The molecule has 1 saturated heterocycles. The zero-order chi connectivity index (χ0) is 37.4. The second-order valence-corrected chi connectivity index (χ2v) is 14.5. The molecule has 4 atom stereocenters. The largest absolute Gasteiger partial charge is 0.510 e. The maximum atomic E-state index is 14.4. The number of hydrogen-bond acceptors (Lipinski definition) is 12. The van der Waals surface area contributed by atoms with E-state index in [1.54, 1.807) is 58.5 Å². The van der Waals surface area contributed by atoms with E-state index < -0.39 is 58.0 Å². The van der Waals surface area contributed by atoms with Crippen molar-refractivity contribution < 1.29 is 43.6 Å². The molecular weight excluding hydrogens is 673 g/mol. The van der Waals surface area contributed by atoms with Crippen molar-refractivity contribution >= 4 is 28.8 Å². The maximum absolute atomic E-state index is 14.4. The Morgan fingerprint density at radius 3 is 2.37 bits per heavy atom. The highest BCUT2D eigenvalue weighted by atomic mass is 19.1. The van der Waals surface area contributed by atoms with Crippen molar-refractivity contribution in [3.05, 3.63) is 87.8 Å². The number of aliphatic hydroxyl groups excluding tert-OH is 2. The summed E-state index contributed by atoms with van der Waals surface area (Å²) in [5.74, 6) is -6.38. The van der Waals surface area contributed by atoms with Gasteiger partial charge in [0.1, 0.15) is 40.2 Å². The van der Waals surface area contributed by atoms with Crippen LogP contribution in [0.4, 0.5) is 15.8 Å². The number of phenols is 1. The van der Waals surface area contributed by atoms with Crippen molar-refractivity contribution in [2.45, 2.75) is 31.0 Å². The molecule has 52 heavy (non-hydrogen) atoms. The predicted octanol–water partition coefficient (Wildman–Crippen LogP) is 2.91. The number of allylic oxidation sites excluding steroid dienone is 1. The number of hydrogen-bond donors (Lipinski definition) is 5. The topological polar surface area (TPSA) is 184 Å². The number of piperazine rings is 1. The first-order valence-corrected chi connectivity index (χ1v) is 17.2. The summed E-state index contributed by atoms with van der Waals surface area (Å²) in [6.45, 7) is 3.09. The van der Waals surface area contributed by atoms with Gasteiger partial charge in [-0.2, -0.15) is 0 Å². The Balaban J connectivity index is 1.22. The fourth-order valence-corrected chi connectivity index (χ4v) is 8.57. The van der Waals surface area contributed by atoms with Crippen molar-refractivity contribution in [3.8, 4) is 17.1 Å². The van der Waals surface area contributed by atoms with Gasteiger partial charge in [0.15, 0.2) is 11.4 Å². The number of aromatic hydroxyl groups is 1. The molecule has 6 N–H and O–H groups in total. The zero-order valence-electron chi connectivity index (χ0n) is 29.4. The van der Waals surface area contributed by atoms with E-state index in [4.69, 9.17) is 10.2 Å². The van der Waals surface area contributed by atoms with Gasteiger partial charge in [0.25, 0.3) is 5.91 Å². The van der Waals surface area contributed by atoms with Crippen LogP contribution in [0.2, 0.25) is 0 Å². The minimum Gasteiger partial charge on any atom is -0.510 e. The summed E-state index contributed by atoms with van der Waals surface area (Å²) in [5.41, 5.74) is 3.50. The number of phenolic OH excluding ortho intramolecular Hbond substituents is 1. The van der Waals surface area contributed by atoms with E-state index in [1.165, 1.54) is 11.0 Å². The van der Waals surface area contributed by atoms with Gasteiger partial charge in [-0.1, -0.05) is 12.1 Å². The number of nitrogens with zero attached hydrogens (tertiary/aromatic N) is 4. The number of rotatable bonds is 7. The lowest BCUT2D eigenvalue weighted by Gasteiger charge is -2.50. The number of anilines is 2. The van der Waals surface area contributed by atoms with Crippen LogP contribution in [-0.4, -0.2) is 114 Å². The lowest BCUT2D eigenvalue weighted by molar-refractivity contribution is -0.148. The number of likely N-dealkylation sites (N-methyl/N-ethyl adjacent to an activating group) is 1.